The highest BCUT2D eigenvalue weighted by molar-refractivity contribution is 5.40. The van der Waals surface area contributed by atoms with Gasteiger partial charge in [-0.05, 0) is 43.2 Å². The minimum Gasteiger partial charge on any atom is -0.482 e. The van der Waals surface area contributed by atoms with Crippen molar-refractivity contribution in [2.24, 2.45) is 5.92 Å². The Labute approximate surface area is 153 Å². The van der Waals surface area contributed by atoms with Crippen LogP contribution in [-0.4, -0.2) is 40.1 Å². The van der Waals surface area contributed by atoms with E-state index < -0.39 is 0 Å². The average Bonchev–Trinajstić information content (AvgIpc) is 3.08. The number of morpholine rings is 1. The van der Waals surface area contributed by atoms with Gasteiger partial charge < -0.3 is 14.4 Å². The standard InChI is InChI=1S/C20H24N4O2/c1-2-4-17-14(3-1)9-18(26-17)19-21-22-20(24(19)10-13-5-6-13)23-11-15-7-8-16(12-23)25-15/h1-4,13,15-16,18H,5-12H2. The molecule has 2 aromatic rings. The van der Waals surface area contributed by atoms with E-state index in [9.17, 15) is 0 Å². The van der Waals surface area contributed by atoms with Crippen molar-refractivity contribution in [3.63, 3.8) is 0 Å². The molecule has 0 amide bonds. The molecular formula is C20H24N4O2. The Morgan fingerprint density at radius 1 is 1.00 bits per heavy atom. The van der Waals surface area contributed by atoms with Crippen molar-refractivity contribution in [1.82, 2.24) is 14.8 Å². The van der Waals surface area contributed by atoms with Crippen molar-refractivity contribution in [1.29, 1.82) is 0 Å². The summed E-state index contributed by atoms with van der Waals surface area (Å²) in [5.41, 5.74) is 1.27. The lowest BCUT2D eigenvalue weighted by molar-refractivity contribution is 0.0296. The molecule has 0 spiro atoms. The van der Waals surface area contributed by atoms with Crippen LogP contribution in [0.2, 0.25) is 0 Å². The first-order valence-corrected chi connectivity index (χ1v) is 9.91. The SMILES string of the molecule is c1ccc2c(c1)CC(c1nnc(N3CC4CCC(C3)O4)n1CC1CC1)O2. The van der Waals surface area contributed by atoms with Gasteiger partial charge in [0.1, 0.15) is 5.75 Å². The van der Waals surface area contributed by atoms with Gasteiger partial charge in [0.2, 0.25) is 5.95 Å². The van der Waals surface area contributed by atoms with Crippen molar-refractivity contribution in [3.8, 4) is 5.75 Å². The highest BCUT2D eigenvalue weighted by Gasteiger charge is 2.38. The van der Waals surface area contributed by atoms with Crippen LogP contribution in [0.4, 0.5) is 5.95 Å². The molecule has 1 aromatic carbocycles. The number of benzene rings is 1. The summed E-state index contributed by atoms with van der Waals surface area (Å²) in [7, 11) is 0. The summed E-state index contributed by atoms with van der Waals surface area (Å²) in [6.07, 6.45) is 6.55. The maximum atomic E-state index is 6.22. The molecule has 1 aliphatic carbocycles. The molecule has 0 radical (unpaired) electrons. The number of fused-ring (bicyclic) bond motifs is 3. The second kappa shape index (κ2) is 5.71. The highest BCUT2D eigenvalue weighted by Crippen LogP contribution is 2.39. The normalized spacial score (nSPS) is 29.7. The molecule has 1 aromatic heterocycles. The fourth-order valence-electron chi connectivity index (χ4n) is 4.62. The van der Waals surface area contributed by atoms with Crippen LogP contribution in [0.1, 0.15) is 43.2 Å². The number of para-hydroxylation sites is 1. The van der Waals surface area contributed by atoms with Crippen molar-refractivity contribution in [2.75, 3.05) is 18.0 Å². The summed E-state index contributed by atoms with van der Waals surface area (Å²) >= 11 is 0. The quantitative estimate of drug-likeness (QED) is 0.847. The molecule has 6 rings (SSSR count). The van der Waals surface area contributed by atoms with Crippen LogP contribution in [0.3, 0.4) is 0 Å². The van der Waals surface area contributed by atoms with E-state index in [1.165, 1.54) is 31.2 Å². The van der Waals surface area contributed by atoms with Gasteiger partial charge in [-0.3, -0.25) is 4.57 Å². The predicted molar refractivity (Wildman–Crippen MR) is 96.4 cm³/mol. The Balaban J connectivity index is 1.32. The van der Waals surface area contributed by atoms with Crippen LogP contribution in [-0.2, 0) is 17.7 Å². The highest BCUT2D eigenvalue weighted by atomic mass is 16.5. The molecule has 2 bridgehead atoms. The zero-order valence-electron chi connectivity index (χ0n) is 14.9. The Morgan fingerprint density at radius 3 is 2.58 bits per heavy atom. The summed E-state index contributed by atoms with van der Waals surface area (Å²) in [5.74, 6) is 3.77. The molecule has 3 unspecified atom stereocenters. The first kappa shape index (κ1) is 15.0. The van der Waals surface area contributed by atoms with Crippen molar-refractivity contribution < 1.29 is 9.47 Å². The minimum atomic E-state index is -0.0230. The van der Waals surface area contributed by atoms with Gasteiger partial charge in [-0.25, -0.2) is 0 Å². The van der Waals surface area contributed by atoms with E-state index in [0.29, 0.717) is 12.2 Å². The topological polar surface area (TPSA) is 52.4 Å². The Bertz CT molecular complexity index is 794. The van der Waals surface area contributed by atoms with E-state index in [1.54, 1.807) is 0 Å². The molecular weight excluding hydrogens is 328 g/mol. The molecule has 6 heteroatoms. The van der Waals surface area contributed by atoms with Gasteiger partial charge >= 0.3 is 0 Å². The summed E-state index contributed by atoms with van der Waals surface area (Å²) in [5, 5.41) is 9.24. The number of rotatable bonds is 4. The molecule has 136 valence electrons. The van der Waals surface area contributed by atoms with E-state index >= 15 is 0 Å². The molecule has 2 saturated heterocycles. The largest absolute Gasteiger partial charge is 0.482 e. The smallest absolute Gasteiger partial charge is 0.227 e. The van der Waals surface area contributed by atoms with Crippen molar-refractivity contribution >= 4 is 5.95 Å². The van der Waals surface area contributed by atoms with Gasteiger partial charge in [0.05, 0.1) is 12.2 Å². The van der Waals surface area contributed by atoms with Crippen LogP contribution >= 0.6 is 0 Å². The Kier molecular flexibility index (Phi) is 3.30. The second-order valence-corrected chi connectivity index (χ2v) is 8.19. The van der Waals surface area contributed by atoms with Gasteiger partial charge in [0, 0.05) is 26.1 Å². The summed E-state index contributed by atoms with van der Waals surface area (Å²) < 4.78 is 14.6. The zero-order chi connectivity index (χ0) is 17.1. The molecule has 26 heavy (non-hydrogen) atoms. The van der Waals surface area contributed by atoms with Crippen LogP contribution in [0.15, 0.2) is 24.3 Å². The zero-order valence-corrected chi connectivity index (χ0v) is 14.9. The summed E-state index contributed by atoms with van der Waals surface area (Å²) in [4.78, 5) is 2.40. The fraction of sp³-hybridized carbons (Fsp3) is 0.600. The van der Waals surface area contributed by atoms with Crippen LogP contribution < -0.4 is 9.64 Å². The number of hydrogen-bond acceptors (Lipinski definition) is 5. The average molecular weight is 352 g/mol. The maximum absolute atomic E-state index is 6.22. The van der Waals surface area contributed by atoms with Crippen LogP contribution in [0, 0.1) is 5.92 Å². The number of nitrogens with zero attached hydrogens (tertiary/aromatic N) is 4. The molecule has 1 saturated carbocycles. The van der Waals surface area contributed by atoms with E-state index in [1.807, 2.05) is 6.07 Å². The lowest BCUT2D eigenvalue weighted by Crippen LogP contribution is -2.44. The molecule has 4 heterocycles. The number of hydrogen-bond donors (Lipinski definition) is 0. The van der Waals surface area contributed by atoms with Gasteiger partial charge in [0.25, 0.3) is 0 Å². The molecule has 3 aliphatic heterocycles. The first-order chi connectivity index (χ1) is 12.8. The van der Waals surface area contributed by atoms with E-state index in [0.717, 1.165) is 49.5 Å². The van der Waals surface area contributed by atoms with Gasteiger partial charge in [-0.2, -0.15) is 0 Å². The fourth-order valence-corrected chi connectivity index (χ4v) is 4.62. The molecule has 3 atom stereocenters. The van der Waals surface area contributed by atoms with Crippen molar-refractivity contribution in [3.05, 3.63) is 35.7 Å². The van der Waals surface area contributed by atoms with E-state index in [2.05, 4.69) is 37.9 Å². The van der Waals surface area contributed by atoms with Gasteiger partial charge in [0.15, 0.2) is 11.9 Å². The van der Waals surface area contributed by atoms with Crippen LogP contribution in [0.5, 0.6) is 5.75 Å². The number of aromatic nitrogens is 3. The maximum Gasteiger partial charge on any atom is 0.227 e. The molecule has 4 aliphatic rings. The first-order valence-electron chi connectivity index (χ1n) is 9.91. The lowest BCUT2D eigenvalue weighted by atomic mass is 10.1. The summed E-state index contributed by atoms with van der Waals surface area (Å²) in [6.45, 7) is 2.89. The second-order valence-electron chi connectivity index (χ2n) is 8.19. The van der Waals surface area contributed by atoms with E-state index in [4.69, 9.17) is 9.47 Å². The number of ether oxygens (including phenoxy) is 2. The third-order valence-electron chi connectivity index (χ3n) is 6.16. The van der Waals surface area contributed by atoms with Crippen LogP contribution in [0.25, 0.3) is 0 Å². The molecule has 3 fully saturated rings. The van der Waals surface area contributed by atoms with Gasteiger partial charge in [-0.15, -0.1) is 10.2 Å². The Hall–Kier alpha value is -2.08. The predicted octanol–water partition coefficient (Wildman–Crippen LogP) is 2.73. The molecule has 0 N–H and O–H groups in total. The van der Waals surface area contributed by atoms with Crippen molar-refractivity contribution in [2.45, 2.75) is 57.0 Å². The monoisotopic (exact) mass is 352 g/mol. The Morgan fingerprint density at radius 2 is 1.81 bits per heavy atom. The third kappa shape index (κ3) is 2.50. The molecule has 6 nitrogen and oxygen atoms in total. The van der Waals surface area contributed by atoms with E-state index in [-0.39, 0.29) is 6.10 Å². The lowest BCUT2D eigenvalue weighted by Gasteiger charge is -2.33. The van der Waals surface area contributed by atoms with Gasteiger partial charge in [-0.1, -0.05) is 18.2 Å². The minimum absolute atomic E-state index is 0.0230. The number of anilines is 1. The third-order valence-corrected chi connectivity index (χ3v) is 6.16. The summed E-state index contributed by atoms with van der Waals surface area (Å²) in [6, 6.07) is 8.31.